The molecule has 0 radical (unpaired) electrons. The lowest BCUT2D eigenvalue weighted by Gasteiger charge is -2.43. The number of benzene rings is 4. The van der Waals surface area contributed by atoms with E-state index >= 15 is 0 Å². The van der Waals surface area contributed by atoms with Crippen molar-refractivity contribution >= 4 is 43.5 Å². The van der Waals surface area contributed by atoms with E-state index in [2.05, 4.69) is 95.5 Å². The fourth-order valence-electron chi connectivity index (χ4n) is 6.33. The first kappa shape index (κ1) is 39.7. The Morgan fingerprint density at radius 2 is 1.33 bits per heavy atom. The third-order valence-corrected chi connectivity index (χ3v) is 15.5. The van der Waals surface area contributed by atoms with Gasteiger partial charge < -0.3 is 32.8 Å². The van der Waals surface area contributed by atoms with Crippen LogP contribution < -0.4 is 29.0 Å². The summed E-state index contributed by atoms with van der Waals surface area (Å²) < 4.78 is 43.3. The molecule has 0 saturated heterocycles. The summed E-state index contributed by atoms with van der Waals surface area (Å²) in [5.74, 6) is 1.31. The van der Waals surface area contributed by atoms with Gasteiger partial charge in [-0.05, 0) is 41.4 Å². The van der Waals surface area contributed by atoms with Gasteiger partial charge in [-0.2, -0.15) is 0 Å². The molecule has 0 amide bonds. The van der Waals surface area contributed by atoms with Crippen LogP contribution in [0.4, 0.5) is 0 Å². The molecule has 10 heteroatoms. The highest BCUT2D eigenvalue weighted by molar-refractivity contribution is 7.00. The fraction of sp³-hybridized carbons (Fsp3) is 0.390. The molecule has 8 nitrogen and oxygen atoms in total. The predicted molar refractivity (Wildman–Crippen MR) is 211 cm³/mol. The van der Waals surface area contributed by atoms with Gasteiger partial charge in [0, 0.05) is 38.8 Å². The number of fused-ring (bicyclic) bond motifs is 1. The first-order chi connectivity index (χ1) is 24.2. The lowest BCUT2D eigenvalue weighted by molar-refractivity contribution is 0.0428. The van der Waals surface area contributed by atoms with Crippen molar-refractivity contribution in [2.45, 2.75) is 65.3 Å². The summed E-state index contributed by atoms with van der Waals surface area (Å²) in [6.07, 6.45) is 1.68. The van der Waals surface area contributed by atoms with E-state index < -0.39 is 22.4 Å². The number of methoxy groups -OCH3 is 2. The van der Waals surface area contributed by atoms with Crippen molar-refractivity contribution in [2.24, 2.45) is 0 Å². The van der Waals surface area contributed by atoms with E-state index in [1.54, 1.807) is 13.2 Å². The van der Waals surface area contributed by atoms with Crippen LogP contribution in [0.1, 0.15) is 42.3 Å². The van der Waals surface area contributed by atoms with Crippen molar-refractivity contribution in [1.82, 2.24) is 0 Å². The molecular weight excluding hydrogens is 677 g/mol. The van der Waals surface area contributed by atoms with E-state index in [9.17, 15) is 4.79 Å². The molecule has 0 aliphatic carbocycles. The van der Waals surface area contributed by atoms with Crippen LogP contribution in [0.2, 0.25) is 30.7 Å². The monoisotopic (exact) mass is 730 g/mol. The molecule has 0 fully saturated rings. The molecule has 4 aromatic carbocycles. The molecule has 51 heavy (non-hydrogen) atoms. The smallest absolute Gasteiger partial charge is 0.342 e. The summed E-state index contributed by atoms with van der Waals surface area (Å²) in [7, 11) is -1.46. The van der Waals surface area contributed by atoms with Crippen molar-refractivity contribution in [1.29, 1.82) is 0 Å². The van der Waals surface area contributed by atoms with Gasteiger partial charge in [-0.1, -0.05) is 114 Å². The highest BCUT2D eigenvalue weighted by atomic mass is 28.4. The zero-order chi connectivity index (χ0) is 37.4. The molecule has 0 N–H and O–H groups in total. The molecule has 0 aliphatic heterocycles. The molecule has 0 aliphatic rings. The zero-order valence-electron chi connectivity index (χ0n) is 31.9. The minimum Gasteiger partial charge on any atom is -0.534 e. The van der Waals surface area contributed by atoms with Crippen molar-refractivity contribution in [3.05, 3.63) is 96.1 Å². The van der Waals surface area contributed by atoms with E-state index in [1.807, 2.05) is 32.0 Å². The van der Waals surface area contributed by atoms with Gasteiger partial charge >= 0.3 is 14.3 Å². The Bertz CT molecular complexity index is 1760. The standard InChI is InChI=1S/C41H54O8Si2/c1-12-23-45-38-29(2)34(49-51(41(4,5)6,31-19-15-13-16-20-31)32-21-17-14-18-22-32)26-33-36(38)39(48-28-44-8)35(30(3)37(33)47-27-43-7)40(42)46-24-25-50(9,10)11/h12-22,26H,1,23-25,27-28H2,2-11H3. The summed E-state index contributed by atoms with van der Waals surface area (Å²) in [4.78, 5) is 14.0. The van der Waals surface area contributed by atoms with Gasteiger partial charge in [0.2, 0.25) is 0 Å². The van der Waals surface area contributed by atoms with Crippen molar-refractivity contribution in [2.75, 3.05) is 41.0 Å². The van der Waals surface area contributed by atoms with Gasteiger partial charge in [0.15, 0.2) is 13.6 Å². The van der Waals surface area contributed by atoms with E-state index in [1.165, 1.54) is 7.11 Å². The SMILES string of the molecule is C=CCOc1c(C)c(O[Si](c2ccccc2)(c2ccccc2)C(C)(C)C)cc2c(OCOC)c(C)c(C(=O)OCC[Si](C)(C)C)c(OCOC)c12. The highest BCUT2D eigenvalue weighted by Gasteiger charge is 2.52. The first-order valence-electron chi connectivity index (χ1n) is 17.3. The molecule has 4 aromatic rings. The second-order valence-corrected chi connectivity index (χ2v) is 24.7. The molecule has 0 heterocycles. The van der Waals surface area contributed by atoms with Gasteiger partial charge in [0.25, 0.3) is 0 Å². The normalized spacial score (nSPS) is 12.0. The van der Waals surface area contributed by atoms with Crippen LogP contribution in [0, 0.1) is 13.8 Å². The molecule has 0 spiro atoms. The largest absolute Gasteiger partial charge is 0.534 e. The summed E-state index contributed by atoms with van der Waals surface area (Å²) >= 11 is 0. The average Bonchev–Trinajstić information content (AvgIpc) is 3.08. The minimum atomic E-state index is -3.08. The number of carbonyl (C=O) groups is 1. The Labute approximate surface area is 305 Å². The number of esters is 1. The van der Waals surface area contributed by atoms with Crippen LogP contribution in [-0.2, 0) is 14.2 Å². The third kappa shape index (κ3) is 8.69. The maximum Gasteiger partial charge on any atom is 0.342 e. The fourth-order valence-corrected chi connectivity index (χ4v) is 11.5. The van der Waals surface area contributed by atoms with Crippen LogP contribution in [0.5, 0.6) is 23.0 Å². The van der Waals surface area contributed by atoms with E-state index in [0.717, 1.165) is 22.0 Å². The molecule has 0 saturated carbocycles. The molecule has 0 aromatic heterocycles. The molecule has 4 rings (SSSR count). The zero-order valence-corrected chi connectivity index (χ0v) is 33.9. The number of carbonyl (C=O) groups excluding carboxylic acids is 1. The average molecular weight is 731 g/mol. The second-order valence-electron chi connectivity index (χ2n) is 14.8. The van der Waals surface area contributed by atoms with Crippen LogP contribution in [-0.4, -0.2) is 63.4 Å². The summed E-state index contributed by atoms with van der Waals surface area (Å²) in [5, 5.41) is 3.12. The molecule has 0 bridgehead atoms. The Kier molecular flexibility index (Phi) is 13.2. The van der Waals surface area contributed by atoms with Gasteiger partial charge in [0.1, 0.15) is 35.2 Å². The quantitative estimate of drug-likeness (QED) is 0.0464. The van der Waals surface area contributed by atoms with Crippen molar-refractivity contribution in [3.8, 4) is 23.0 Å². The molecule has 0 atom stereocenters. The van der Waals surface area contributed by atoms with Gasteiger partial charge in [-0.15, -0.1) is 0 Å². The van der Waals surface area contributed by atoms with Gasteiger partial charge in [-0.25, -0.2) is 4.79 Å². The van der Waals surface area contributed by atoms with Crippen LogP contribution in [0.25, 0.3) is 10.8 Å². The van der Waals surface area contributed by atoms with Crippen LogP contribution in [0.3, 0.4) is 0 Å². The lowest BCUT2D eigenvalue weighted by atomic mass is 9.95. The van der Waals surface area contributed by atoms with Gasteiger partial charge in [0.05, 0.1) is 12.0 Å². The summed E-state index contributed by atoms with van der Waals surface area (Å²) in [5.41, 5.74) is 1.52. The predicted octanol–water partition coefficient (Wildman–Crippen LogP) is 8.42. The third-order valence-electron chi connectivity index (χ3n) is 8.85. The summed E-state index contributed by atoms with van der Waals surface area (Å²) in [6, 6.07) is 23.7. The summed E-state index contributed by atoms with van der Waals surface area (Å²) in [6.45, 7) is 21.5. The Morgan fingerprint density at radius 3 is 1.82 bits per heavy atom. The van der Waals surface area contributed by atoms with Crippen LogP contribution in [0.15, 0.2) is 79.4 Å². The maximum absolute atomic E-state index is 14.0. The number of hydrogen-bond donors (Lipinski definition) is 0. The van der Waals surface area contributed by atoms with Gasteiger partial charge in [-0.3, -0.25) is 0 Å². The number of rotatable bonds is 17. The molecule has 0 unspecified atom stereocenters. The second kappa shape index (κ2) is 16.9. The topological polar surface area (TPSA) is 81.7 Å². The lowest BCUT2D eigenvalue weighted by Crippen LogP contribution is -2.68. The number of hydrogen-bond acceptors (Lipinski definition) is 8. The Morgan fingerprint density at radius 1 is 0.784 bits per heavy atom. The minimum absolute atomic E-state index is 0.0556. The molecule has 274 valence electrons. The molecular formula is C41H54O8Si2. The van der Waals surface area contributed by atoms with Crippen LogP contribution >= 0.6 is 0 Å². The van der Waals surface area contributed by atoms with E-state index in [0.29, 0.717) is 40.2 Å². The van der Waals surface area contributed by atoms with Crippen molar-refractivity contribution in [3.63, 3.8) is 0 Å². The Hall–Kier alpha value is -4.10. The maximum atomic E-state index is 14.0. The van der Waals surface area contributed by atoms with E-state index in [4.69, 9.17) is 32.8 Å². The number of ether oxygens (including phenoxy) is 6. The van der Waals surface area contributed by atoms with Crippen molar-refractivity contribution < 1.29 is 37.6 Å². The van der Waals surface area contributed by atoms with E-state index in [-0.39, 0.29) is 36.5 Å². The highest BCUT2D eigenvalue weighted by Crippen LogP contribution is 2.50. The first-order valence-corrected chi connectivity index (χ1v) is 22.9. The Balaban J connectivity index is 2.12.